The van der Waals surface area contributed by atoms with Crippen molar-refractivity contribution in [2.75, 3.05) is 38.2 Å². The lowest BCUT2D eigenvalue weighted by molar-refractivity contribution is 0.244. The summed E-state index contributed by atoms with van der Waals surface area (Å²) >= 11 is 0. The van der Waals surface area contributed by atoms with Crippen LogP contribution in [0.4, 0.5) is 5.69 Å². The van der Waals surface area contributed by atoms with E-state index in [4.69, 9.17) is 4.74 Å². The molecule has 3 aromatic rings. The zero-order chi connectivity index (χ0) is 17.2. The van der Waals surface area contributed by atoms with E-state index in [-0.39, 0.29) is 0 Å². The summed E-state index contributed by atoms with van der Waals surface area (Å²) in [4.78, 5) is 4.97. The molecule has 1 aliphatic heterocycles. The standard InChI is InChI=1S/C21H25N3O/c1-22-18(15-17-7-3-4-8-19(17)22)16-23-11-13-24(14-12-23)20-9-5-6-10-21(20)25-2/h3-10,15H,11-14,16H2,1-2H3. The van der Waals surface area contributed by atoms with Gasteiger partial charge in [-0.15, -0.1) is 0 Å². The van der Waals surface area contributed by atoms with Gasteiger partial charge in [0.05, 0.1) is 12.8 Å². The van der Waals surface area contributed by atoms with E-state index < -0.39 is 0 Å². The molecular formula is C21H25N3O. The lowest BCUT2D eigenvalue weighted by Gasteiger charge is -2.36. The number of methoxy groups -OCH3 is 1. The minimum Gasteiger partial charge on any atom is -0.495 e. The van der Waals surface area contributed by atoms with Gasteiger partial charge in [-0.2, -0.15) is 0 Å². The fraction of sp³-hybridized carbons (Fsp3) is 0.333. The largest absolute Gasteiger partial charge is 0.495 e. The van der Waals surface area contributed by atoms with Crippen LogP contribution >= 0.6 is 0 Å². The number of fused-ring (bicyclic) bond motifs is 1. The van der Waals surface area contributed by atoms with E-state index in [9.17, 15) is 0 Å². The Kier molecular flexibility index (Phi) is 4.36. The van der Waals surface area contributed by atoms with Gasteiger partial charge in [0, 0.05) is 51.0 Å². The predicted octanol–water partition coefficient (Wildman–Crippen LogP) is 3.51. The van der Waals surface area contributed by atoms with E-state index in [0.717, 1.165) is 38.5 Å². The van der Waals surface area contributed by atoms with Crippen molar-refractivity contribution in [3.05, 3.63) is 60.3 Å². The number of aryl methyl sites for hydroxylation is 1. The second kappa shape index (κ2) is 6.81. The van der Waals surface area contributed by atoms with E-state index in [1.54, 1.807) is 7.11 Å². The van der Waals surface area contributed by atoms with Gasteiger partial charge in [-0.1, -0.05) is 30.3 Å². The Bertz CT molecular complexity index is 862. The molecule has 0 unspecified atom stereocenters. The summed E-state index contributed by atoms with van der Waals surface area (Å²) in [6.45, 7) is 5.21. The van der Waals surface area contributed by atoms with Gasteiger partial charge in [-0.3, -0.25) is 4.90 Å². The monoisotopic (exact) mass is 335 g/mol. The van der Waals surface area contributed by atoms with Crippen LogP contribution in [0, 0.1) is 0 Å². The van der Waals surface area contributed by atoms with Crippen LogP contribution < -0.4 is 9.64 Å². The second-order valence-electron chi connectivity index (χ2n) is 6.69. The van der Waals surface area contributed by atoms with E-state index in [0.29, 0.717) is 0 Å². The summed E-state index contributed by atoms with van der Waals surface area (Å²) in [5.41, 5.74) is 3.89. The summed E-state index contributed by atoms with van der Waals surface area (Å²) in [5, 5.41) is 1.33. The summed E-state index contributed by atoms with van der Waals surface area (Å²) in [6, 6.07) is 19.2. The first kappa shape index (κ1) is 16.0. The molecule has 0 N–H and O–H groups in total. The molecule has 1 aliphatic rings. The molecule has 0 saturated carbocycles. The third-order valence-corrected chi connectivity index (χ3v) is 5.23. The van der Waals surface area contributed by atoms with Gasteiger partial charge in [-0.05, 0) is 29.7 Å². The van der Waals surface area contributed by atoms with Gasteiger partial charge in [0.2, 0.25) is 0 Å². The average molecular weight is 335 g/mol. The van der Waals surface area contributed by atoms with Crippen LogP contribution in [-0.4, -0.2) is 42.8 Å². The van der Waals surface area contributed by atoms with Gasteiger partial charge in [0.15, 0.2) is 0 Å². The number of hydrogen-bond donors (Lipinski definition) is 0. The van der Waals surface area contributed by atoms with Crippen LogP contribution in [0.5, 0.6) is 5.75 Å². The Morgan fingerprint density at radius 2 is 1.64 bits per heavy atom. The van der Waals surface area contributed by atoms with Crippen LogP contribution in [0.25, 0.3) is 10.9 Å². The fourth-order valence-electron chi connectivity index (χ4n) is 3.76. The maximum atomic E-state index is 5.51. The Balaban J connectivity index is 1.44. The highest BCUT2D eigenvalue weighted by Crippen LogP contribution is 2.28. The predicted molar refractivity (Wildman–Crippen MR) is 103 cm³/mol. The maximum absolute atomic E-state index is 5.51. The summed E-state index contributed by atoms with van der Waals surface area (Å²) in [5.74, 6) is 0.963. The molecule has 4 nitrogen and oxygen atoms in total. The van der Waals surface area contributed by atoms with Gasteiger partial charge < -0.3 is 14.2 Å². The first-order valence-electron chi connectivity index (χ1n) is 8.90. The van der Waals surface area contributed by atoms with Crippen LogP contribution in [0.3, 0.4) is 0 Å². The minimum atomic E-state index is 0.963. The van der Waals surface area contributed by atoms with Crippen molar-refractivity contribution in [1.29, 1.82) is 0 Å². The zero-order valence-corrected chi connectivity index (χ0v) is 15.0. The van der Waals surface area contributed by atoms with Gasteiger partial charge in [0.1, 0.15) is 5.75 Å². The second-order valence-corrected chi connectivity index (χ2v) is 6.69. The molecule has 25 heavy (non-hydrogen) atoms. The number of ether oxygens (including phenoxy) is 1. The molecular weight excluding hydrogens is 310 g/mol. The highest BCUT2D eigenvalue weighted by Gasteiger charge is 2.20. The Morgan fingerprint density at radius 3 is 2.40 bits per heavy atom. The molecule has 0 aliphatic carbocycles. The Morgan fingerprint density at radius 1 is 0.920 bits per heavy atom. The van der Waals surface area contributed by atoms with Crippen LogP contribution in [-0.2, 0) is 13.6 Å². The molecule has 4 rings (SSSR count). The molecule has 0 radical (unpaired) electrons. The van der Waals surface area contributed by atoms with Crippen molar-refractivity contribution in [3.8, 4) is 5.75 Å². The molecule has 1 saturated heterocycles. The molecule has 2 aromatic carbocycles. The Labute approximate surface area is 149 Å². The third-order valence-electron chi connectivity index (χ3n) is 5.23. The molecule has 0 bridgehead atoms. The SMILES string of the molecule is COc1ccccc1N1CCN(Cc2cc3ccccc3n2C)CC1. The van der Waals surface area contributed by atoms with Crippen LogP contribution in [0.1, 0.15) is 5.69 Å². The molecule has 1 aromatic heterocycles. The lowest BCUT2D eigenvalue weighted by Crippen LogP contribution is -2.46. The number of hydrogen-bond acceptors (Lipinski definition) is 3. The lowest BCUT2D eigenvalue weighted by atomic mass is 10.2. The van der Waals surface area contributed by atoms with E-state index in [1.807, 2.05) is 12.1 Å². The normalized spacial score (nSPS) is 15.7. The zero-order valence-electron chi connectivity index (χ0n) is 15.0. The van der Waals surface area contributed by atoms with E-state index in [1.165, 1.54) is 22.3 Å². The first-order valence-corrected chi connectivity index (χ1v) is 8.90. The number of rotatable bonds is 4. The van der Waals surface area contributed by atoms with E-state index in [2.05, 4.69) is 63.9 Å². The highest BCUT2D eigenvalue weighted by atomic mass is 16.5. The molecule has 4 heteroatoms. The molecule has 2 heterocycles. The maximum Gasteiger partial charge on any atom is 0.142 e. The van der Waals surface area contributed by atoms with Gasteiger partial charge in [0.25, 0.3) is 0 Å². The summed E-state index contributed by atoms with van der Waals surface area (Å²) in [6.07, 6.45) is 0. The van der Waals surface area contributed by atoms with Crippen molar-refractivity contribution in [2.24, 2.45) is 7.05 Å². The fourth-order valence-corrected chi connectivity index (χ4v) is 3.76. The van der Waals surface area contributed by atoms with Crippen molar-refractivity contribution >= 4 is 16.6 Å². The number of nitrogens with zero attached hydrogens (tertiary/aromatic N) is 3. The topological polar surface area (TPSA) is 20.6 Å². The van der Waals surface area contributed by atoms with Gasteiger partial charge >= 0.3 is 0 Å². The van der Waals surface area contributed by atoms with Crippen LogP contribution in [0.15, 0.2) is 54.6 Å². The molecule has 1 fully saturated rings. The average Bonchev–Trinajstić information content (AvgIpc) is 2.98. The van der Waals surface area contributed by atoms with Gasteiger partial charge in [-0.25, -0.2) is 0 Å². The van der Waals surface area contributed by atoms with Crippen molar-refractivity contribution in [1.82, 2.24) is 9.47 Å². The molecule has 0 atom stereocenters. The first-order chi connectivity index (χ1) is 12.3. The molecule has 0 amide bonds. The van der Waals surface area contributed by atoms with Crippen molar-refractivity contribution in [3.63, 3.8) is 0 Å². The number of benzene rings is 2. The summed E-state index contributed by atoms with van der Waals surface area (Å²) in [7, 11) is 3.91. The minimum absolute atomic E-state index is 0.963. The van der Waals surface area contributed by atoms with Crippen molar-refractivity contribution in [2.45, 2.75) is 6.54 Å². The third kappa shape index (κ3) is 3.10. The number of para-hydroxylation sites is 3. The smallest absolute Gasteiger partial charge is 0.142 e. The highest BCUT2D eigenvalue weighted by molar-refractivity contribution is 5.81. The van der Waals surface area contributed by atoms with Crippen LogP contribution in [0.2, 0.25) is 0 Å². The summed E-state index contributed by atoms with van der Waals surface area (Å²) < 4.78 is 7.83. The number of aromatic nitrogens is 1. The number of anilines is 1. The molecule has 0 spiro atoms. The van der Waals surface area contributed by atoms with Crippen molar-refractivity contribution < 1.29 is 4.74 Å². The Hall–Kier alpha value is -2.46. The van der Waals surface area contributed by atoms with E-state index >= 15 is 0 Å². The quantitative estimate of drug-likeness (QED) is 0.728. The number of piperazine rings is 1. The molecule has 130 valence electrons.